The highest BCUT2D eigenvalue weighted by Gasteiger charge is 2.34. The van der Waals surface area contributed by atoms with E-state index >= 15 is 0 Å². The Hall–Kier alpha value is -0.120. The first kappa shape index (κ1) is 10.4. The lowest BCUT2D eigenvalue weighted by molar-refractivity contribution is -0.0995. The number of rotatable bonds is 3. The second-order valence-corrected chi connectivity index (χ2v) is 4.35. The molecule has 3 nitrogen and oxygen atoms in total. The molecule has 1 N–H and O–H groups in total. The van der Waals surface area contributed by atoms with Crippen molar-refractivity contribution in [3.8, 4) is 0 Å². The van der Waals surface area contributed by atoms with Gasteiger partial charge in [0.25, 0.3) is 0 Å². The summed E-state index contributed by atoms with van der Waals surface area (Å²) >= 11 is 0. The maximum atomic E-state index is 5.86. The molecular formula is C11H21NO2. The second-order valence-electron chi connectivity index (χ2n) is 4.35. The van der Waals surface area contributed by atoms with Crippen LogP contribution >= 0.6 is 0 Å². The molecule has 82 valence electrons. The Kier molecular flexibility index (Phi) is 3.79. The van der Waals surface area contributed by atoms with Crippen LogP contribution in [0, 0.1) is 5.92 Å². The van der Waals surface area contributed by atoms with E-state index < -0.39 is 0 Å². The van der Waals surface area contributed by atoms with Gasteiger partial charge in [-0.05, 0) is 32.7 Å². The van der Waals surface area contributed by atoms with E-state index in [2.05, 4.69) is 5.32 Å². The minimum absolute atomic E-state index is 0.346. The fourth-order valence-corrected chi connectivity index (χ4v) is 2.62. The Morgan fingerprint density at radius 1 is 1.14 bits per heavy atom. The van der Waals surface area contributed by atoms with Gasteiger partial charge in [0.2, 0.25) is 0 Å². The van der Waals surface area contributed by atoms with Crippen molar-refractivity contribution >= 4 is 0 Å². The van der Waals surface area contributed by atoms with Gasteiger partial charge in [-0.15, -0.1) is 0 Å². The minimum Gasteiger partial charge on any atom is -0.376 e. The van der Waals surface area contributed by atoms with Crippen molar-refractivity contribution < 1.29 is 9.47 Å². The summed E-state index contributed by atoms with van der Waals surface area (Å²) in [5.74, 6) is 0.650. The average molecular weight is 199 g/mol. The van der Waals surface area contributed by atoms with Gasteiger partial charge in [-0.1, -0.05) is 0 Å². The van der Waals surface area contributed by atoms with Crippen LogP contribution in [0.3, 0.4) is 0 Å². The van der Waals surface area contributed by atoms with E-state index in [9.17, 15) is 0 Å². The standard InChI is InChI=1S/C11H21NO2/c1-12-8-9-4-2-7-14-11(9)10-5-3-6-13-10/h9-12H,2-8H2,1H3. The molecule has 0 aromatic heterocycles. The molecule has 3 atom stereocenters. The minimum atomic E-state index is 0.346. The summed E-state index contributed by atoms with van der Waals surface area (Å²) in [4.78, 5) is 0. The molecule has 0 aliphatic carbocycles. The molecule has 14 heavy (non-hydrogen) atoms. The molecular weight excluding hydrogens is 178 g/mol. The molecule has 3 unspecified atom stereocenters. The molecule has 2 heterocycles. The largest absolute Gasteiger partial charge is 0.376 e. The molecule has 2 fully saturated rings. The van der Waals surface area contributed by atoms with Crippen LogP contribution in [0.15, 0.2) is 0 Å². The normalized spacial score (nSPS) is 38.8. The van der Waals surface area contributed by atoms with Crippen LogP contribution in [0.25, 0.3) is 0 Å². The molecule has 0 aromatic carbocycles. The topological polar surface area (TPSA) is 30.5 Å². The second kappa shape index (κ2) is 5.10. The van der Waals surface area contributed by atoms with Gasteiger partial charge in [0.15, 0.2) is 0 Å². The Labute approximate surface area is 86.2 Å². The van der Waals surface area contributed by atoms with Crippen molar-refractivity contribution in [2.24, 2.45) is 5.92 Å². The summed E-state index contributed by atoms with van der Waals surface area (Å²) < 4.78 is 11.6. The zero-order valence-corrected chi connectivity index (χ0v) is 9.00. The Morgan fingerprint density at radius 2 is 1.93 bits per heavy atom. The van der Waals surface area contributed by atoms with Crippen LogP contribution in [-0.4, -0.2) is 39.0 Å². The molecule has 2 saturated heterocycles. The predicted octanol–water partition coefficient (Wildman–Crippen LogP) is 1.18. The summed E-state index contributed by atoms with van der Waals surface area (Å²) in [6.07, 6.45) is 5.59. The van der Waals surface area contributed by atoms with E-state index in [0.717, 1.165) is 19.8 Å². The molecule has 0 saturated carbocycles. The van der Waals surface area contributed by atoms with Gasteiger partial charge in [-0.2, -0.15) is 0 Å². The molecule has 0 aromatic rings. The third-order valence-corrected chi connectivity index (χ3v) is 3.29. The fraction of sp³-hybridized carbons (Fsp3) is 1.00. The van der Waals surface area contributed by atoms with E-state index in [1.807, 2.05) is 7.05 Å². The van der Waals surface area contributed by atoms with Crippen LogP contribution in [0.1, 0.15) is 25.7 Å². The van der Waals surface area contributed by atoms with Gasteiger partial charge in [-0.25, -0.2) is 0 Å². The zero-order chi connectivity index (χ0) is 9.80. The monoisotopic (exact) mass is 199 g/mol. The maximum absolute atomic E-state index is 5.86. The smallest absolute Gasteiger partial charge is 0.0876 e. The van der Waals surface area contributed by atoms with Gasteiger partial charge in [-0.3, -0.25) is 0 Å². The van der Waals surface area contributed by atoms with Crippen molar-refractivity contribution in [3.05, 3.63) is 0 Å². The van der Waals surface area contributed by atoms with Gasteiger partial charge in [0.05, 0.1) is 12.2 Å². The predicted molar refractivity (Wildman–Crippen MR) is 55.4 cm³/mol. The van der Waals surface area contributed by atoms with Crippen LogP contribution in [0.5, 0.6) is 0 Å². The molecule has 0 amide bonds. The number of nitrogens with one attached hydrogen (secondary N) is 1. The van der Waals surface area contributed by atoms with Gasteiger partial charge in [0.1, 0.15) is 0 Å². The summed E-state index contributed by atoms with van der Waals surface area (Å²) in [7, 11) is 2.02. The Morgan fingerprint density at radius 3 is 2.64 bits per heavy atom. The van der Waals surface area contributed by atoms with Crippen molar-refractivity contribution in [2.75, 3.05) is 26.8 Å². The van der Waals surface area contributed by atoms with E-state index in [1.54, 1.807) is 0 Å². The van der Waals surface area contributed by atoms with E-state index in [4.69, 9.17) is 9.47 Å². The molecule has 2 aliphatic rings. The van der Waals surface area contributed by atoms with Crippen molar-refractivity contribution in [1.29, 1.82) is 0 Å². The summed E-state index contributed by atoms with van der Waals surface area (Å²) in [6, 6.07) is 0. The van der Waals surface area contributed by atoms with Crippen molar-refractivity contribution in [1.82, 2.24) is 5.32 Å². The molecule has 3 heteroatoms. The molecule has 2 aliphatic heterocycles. The van der Waals surface area contributed by atoms with Crippen molar-refractivity contribution in [2.45, 2.75) is 37.9 Å². The van der Waals surface area contributed by atoms with Gasteiger partial charge >= 0.3 is 0 Å². The SMILES string of the molecule is CNCC1CCCOC1C1CCCO1. The van der Waals surface area contributed by atoms with Crippen LogP contribution in [0.2, 0.25) is 0 Å². The number of hydrogen-bond donors (Lipinski definition) is 1. The van der Waals surface area contributed by atoms with Crippen LogP contribution in [-0.2, 0) is 9.47 Å². The summed E-state index contributed by atoms with van der Waals surface area (Å²) in [5.41, 5.74) is 0. The first-order valence-corrected chi connectivity index (χ1v) is 5.79. The van der Waals surface area contributed by atoms with Crippen LogP contribution in [0.4, 0.5) is 0 Å². The molecule has 0 radical (unpaired) electrons. The number of hydrogen-bond acceptors (Lipinski definition) is 3. The van der Waals surface area contributed by atoms with E-state index in [0.29, 0.717) is 18.1 Å². The van der Waals surface area contributed by atoms with E-state index in [-0.39, 0.29) is 0 Å². The number of ether oxygens (including phenoxy) is 2. The lowest BCUT2D eigenvalue weighted by Crippen LogP contribution is -2.43. The van der Waals surface area contributed by atoms with Crippen LogP contribution < -0.4 is 5.32 Å². The highest BCUT2D eigenvalue weighted by atomic mass is 16.5. The first-order valence-electron chi connectivity index (χ1n) is 5.79. The highest BCUT2D eigenvalue weighted by Crippen LogP contribution is 2.28. The molecule has 2 rings (SSSR count). The molecule has 0 spiro atoms. The van der Waals surface area contributed by atoms with Crippen molar-refractivity contribution in [3.63, 3.8) is 0 Å². The quantitative estimate of drug-likeness (QED) is 0.740. The zero-order valence-electron chi connectivity index (χ0n) is 9.00. The third kappa shape index (κ3) is 2.27. The first-order chi connectivity index (χ1) is 6.92. The lowest BCUT2D eigenvalue weighted by Gasteiger charge is -2.35. The average Bonchev–Trinajstić information content (AvgIpc) is 2.72. The van der Waals surface area contributed by atoms with Gasteiger partial charge < -0.3 is 14.8 Å². The third-order valence-electron chi connectivity index (χ3n) is 3.29. The summed E-state index contributed by atoms with van der Waals surface area (Å²) in [6.45, 7) is 2.91. The maximum Gasteiger partial charge on any atom is 0.0876 e. The van der Waals surface area contributed by atoms with Gasteiger partial charge in [0, 0.05) is 25.7 Å². The Balaban J connectivity index is 1.91. The Bertz CT molecular complexity index is 167. The highest BCUT2D eigenvalue weighted by molar-refractivity contribution is 4.84. The summed E-state index contributed by atoms with van der Waals surface area (Å²) in [5, 5.41) is 3.26. The fourth-order valence-electron chi connectivity index (χ4n) is 2.62. The molecule has 0 bridgehead atoms. The van der Waals surface area contributed by atoms with E-state index in [1.165, 1.54) is 25.7 Å². The lowest BCUT2D eigenvalue weighted by atomic mass is 9.90.